The van der Waals surface area contributed by atoms with E-state index in [2.05, 4.69) is 51.2 Å². The Morgan fingerprint density at radius 2 is 1.84 bits per heavy atom. The van der Waals surface area contributed by atoms with E-state index in [9.17, 15) is 4.79 Å². The molecule has 0 aromatic heterocycles. The number of rotatable bonds is 4. The molecule has 1 amide bonds. The second-order valence-corrected chi connectivity index (χ2v) is 6.56. The third-order valence-electron chi connectivity index (χ3n) is 4.07. The molecule has 0 saturated heterocycles. The number of amides is 1. The number of hydrogen-bond acceptors (Lipinski definition) is 1. The Morgan fingerprint density at radius 1 is 1.26 bits per heavy atom. The van der Waals surface area contributed by atoms with Crippen LogP contribution in [0.1, 0.15) is 60.3 Å². The van der Waals surface area contributed by atoms with Crippen LogP contribution in [0.5, 0.6) is 0 Å². The lowest BCUT2D eigenvalue weighted by atomic mass is 9.75. The van der Waals surface area contributed by atoms with Gasteiger partial charge in [0.2, 0.25) is 5.91 Å². The summed E-state index contributed by atoms with van der Waals surface area (Å²) in [6, 6.07) is 0. The Labute approximate surface area is 118 Å². The molecular weight excluding hydrogens is 234 g/mol. The van der Waals surface area contributed by atoms with Crippen molar-refractivity contribution in [3.8, 4) is 0 Å². The fourth-order valence-corrected chi connectivity index (χ4v) is 2.83. The SMILES string of the molecule is CC(=O)NC1(C)CCC(/C(C)=C/C=C/C(C)C)CC1. The van der Waals surface area contributed by atoms with Gasteiger partial charge in [-0.05, 0) is 51.4 Å². The van der Waals surface area contributed by atoms with E-state index in [0.29, 0.717) is 11.8 Å². The Kier molecular flexibility index (Phi) is 5.84. The molecule has 1 fully saturated rings. The van der Waals surface area contributed by atoms with Crippen molar-refractivity contribution in [1.29, 1.82) is 0 Å². The van der Waals surface area contributed by atoms with Crippen LogP contribution in [-0.4, -0.2) is 11.4 Å². The summed E-state index contributed by atoms with van der Waals surface area (Å²) < 4.78 is 0. The van der Waals surface area contributed by atoms with Crippen molar-refractivity contribution in [2.75, 3.05) is 0 Å². The summed E-state index contributed by atoms with van der Waals surface area (Å²) >= 11 is 0. The zero-order valence-electron chi connectivity index (χ0n) is 13.1. The first kappa shape index (κ1) is 16.0. The van der Waals surface area contributed by atoms with E-state index in [1.807, 2.05) is 0 Å². The second kappa shape index (κ2) is 6.93. The standard InChI is InChI=1S/C17H29NO/c1-13(2)7-6-8-14(3)16-9-11-17(5,12-10-16)18-15(4)19/h6-8,13,16H,9-12H2,1-5H3,(H,18,19)/b7-6+,14-8+. The van der Waals surface area contributed by atoms with Crippen molar-refractivity contribution in [3.63, 3.8) is 0 Å². The molecule has 1 saturated carbocycles. The van der Waals surface area contributed by atoms with E-state index in [0.717, 1.165) is 12.8 Å². The Balaban J connectivity index is 2.51. The second-order valence-electron chi connectivity index (χ2n) is 6.56. The maximum atomic E-state index is 11.2. The van der Waals surface area contributed by atoms with Gasteiger partial charge in [-0.1, -0.05) is 37.6 Å². The summed E-state index contributed by atoms with van der Waals surface area (Å²) in [5, 5.41) is 3.10. The highest BCUT2D eigenvalue weighted by molar-refractivity contribution is 5.73. The molecule has 2 nitrogen and oxygen atoms in total. The lowest BCUT2D eigenvalue weighted by Crippen LogP contribution is -2.47. The van der Waals surface area contributed by atoms with Crippen molar-refractivity contribution < 1.29 is 4.79 Å². The van der Waals surface area contributed by atoms with E-state index in [1.54, 1.807) is 6.92 Å². The summed E-state index contributed by atoms with van der Waals surface area (Å²) in [6.45, 7) is 10.4. The minimum atomic E-state index is 0.0103. The maximum absolute atomic E-state index is 11.2. The van der Waals surface area contributed by atoms with Gasteiger partial charge in [-0.2, -0.15) is 0 Å². The van der Waals surface area contributed by atoms with Crippen molar-refractivity contribution in [3.05, 3.63) is 23.8 Å². The molecule has 0 unspecified atom stereocenters. The van der Waals surface area contributed by atoms with Gasteiger partial charge in [0.05, 0.1) is 0 Å². The Hall–Kier alpha value is -1.05. The fraction of sp³-hybridized carbons (Fsp3) is 0.706. The molecule has 1 rings (SSSR count). The molecule has 2 heteroatoms. The first-order valence-corrected chi connectivity index (χ1v) is 7.46. The van der Waals surface area contributed by atoms with Crippen molar-refractivity contribution >= 4 is 5.91 Å². The van der Waals surface area contributed by atoms with E-state index >= 15 is 0 Å². The van der Waals surface area contributed by atoms with E-state index < -0.39 is 0 Å². The first-order valence-electron chi connectivity index (χ1n) is 7.46. The van der Waals surface area contributed by atoms with Gasteiger partial charge in [0.25, 0.3) is 0 Å². The Morgan fingerprint density at radius 3 is 2.32 bits per heavy atom. The van der Waals surface area contributed by atoms with Gasteiger partial charge in [0.1, 0.15) is 0 Å². The third-order valence-corrected chi connectivity index (χ3v) is 4.07. The van der Waals surface area contributed by atoms with Gasteiger partial charge in [-0.3, -0.25) is 4.79 Å². The molecule has 19 heavy (non-hydrogen) atoms. The zero-order chi connectivity index (χ0) is 14.5. The average Bonchev–Trinajstić information content (AvgIpc) is 2.27. The van der Waals surface area contributed by atoms with Crippen LogP contribution in [-0.2, 0) is 4.79 Å². The molecule has 0 aromatic rings. The minimum absolute atomic E-state index is 0.0103. The van der Waals surface area contributed by atoms with Crippen LogP contribution in [0.4, 0.5) is 0 Å². The smallest absolute Gasteiger partial charge is 0.217 e. The van der Waals surface area contributed by atoms with Crippen LogP contribution in [0.3, 0.4) is 0 Å². The van der Waals surface area contributed by atoms with Gasteiger partial charge < -0.3 is 5.32 Å². The number of carbonyl (C=O) groups excluding carboxylic acids is 1. The maximum Gasteiger partial charge on any atom is 0.217 e. The Bertz CT molecular complexity index is 357. The lowest BCUT2D eigenvalue weighted by Gasteiger charge is -2.38. The van der Waals surface area contributed by atoms with Crippen LogP contribution < -0.4 is 5.32 Å². The summed E-state index contributed by atoms with van der Waals surface area (Å²) in [6.07, 6.45) is 11.2. The fourth-order valence-electron chi connectivity index (χ4n) is 2.83. The predicted molar refractivity (Wildman–Crippen MR) is 81.9 cm³/mol. The highest BCUT2D eigenvalue weighted by atomic mass is 16.1. The molecule has 1 aliphatic rings. The van der Waals surface area contributed by atoms with Gasteiger partial charge in [-0.25, -0.2) is 0 Å². The molecule has 0 spiro atoms. The summed E-state index contributed by atoms with van der Waals surface area (Å²) in [5.74, 6) is 1.38. The molecule has 0 radical (unpaired) electrons. The van der Waals surface area contributed by atoms with Crippen LogP contribution in [0.25, 0.3) is 0 Å². The monoisotopic (exact) mass is 263 g/mol. The van der Waals surface area contributed by atoms with E-state index in [-0.39, 0.29) is 11.4 Å². The van der Waals surface area contributed by atoms with Crippen LogP contribution in [0, 0.1) is 11.8 Å². The molecule has 1 N–H and O–H groups in total. The topological polar surface area (TPSA) is 29.1 Å². The number of nitrogens with one attached hydrogen (secondary N) is 1. The zero-order valence-corrected chi connectivity index (χ0v) is 13.1. The number of allylic oxidation sites excluding steroid dienone is 4. The van der Waals surface area contributed by atoms with E-state index in [1.165, 1.54) is 18.4 Å². The number of carbonyl (C=O) groups is 1. The number of hydrogen-bond donors (Lipinski definition) is 1. The van der Waals surface area contributed by atoms with Crippen LogP contribution >= 0.6 is 0 Å². The molecular formula is C17H29NO. The quantitative estimate of drug-likeness (QED) is 0.756. The van der Waals surface area contributed by atoms with Gasteiger partial charge in [0, 0.05) is 12.5 Å². The highest BCUT2D eigenvalue weighted by Gasteiger charge is 2.31. The normalized spacial score (nSPS) is 28.9. The molecule has 1 aliphatic carbocycles. The third kappa shape index (κ3) is 5.63. The van der Waals surface area contributed by atoms with Crippen molar-refractivity contribution in [1.82, 2.24) is 5.32 Å². The summed E-state index contributed by atoms with van der Waals surface area (Å²) in [4.78, 5) is 11.2. The van der Waals surface area contributed by atoms with Gasteiger partial charge in [0.15, 0.2) is 0 Å². The largest absolute Gasteiger partial charge is 0.351 e. The average molecular weight is 263 g/mol. The molecule has 0 bridgehead atoms. The highest BCUT2D eigenvalue weighted by Crippen LogP contribution is 2.35. The van der Waals surface area contributed by atoms with Crippen molar-refractivity contribution in [2.24, 2.45) is 11.8 Å². The summed E-state index contributed by atoms with van der Waals surface area (Å²) in [5.41, 5.74) is 1.48. The molecule has 0 aliphatic heterocycles. The summed E-state index contributed by atoms with van der Waals surface area (Å²) in [7, 11) is 0. The molecule has 0 aromatic carbocycles. The van der Waals surface area contributed by atoms with E-state index in [4.69, 9.17) is 0 Å². The lowest BCUT2D eigenvalue weighted by molar-refractivity contribution is -0.121. The molecule has 108 valence electrons. The van der Waals surface area contributed by atoms with Crippen molar-refractivity contribution in [2.45, 2.75) is 65.8 Å². The predicted octanol–water partition coefficient (Wildman–Crippen LogP) is 4.23. The van der Waals surface area contributed by atoms with Gasteiger partial charge >= 0.3 is 0 Å². The first-order chi connectivity index (χ1) is 8.82. The molecule has 0 atom stereocenters. The van der Waals surface area contributed by atoms with Crippen LogP contribution in [0.2, 0.25) is 0 Å². The minimum Gasteiger partial charge on any atom is -0.351 e. The molecule has 0 heterocycles. The van der Waals surface area contributed by atoms with Gasteiger partial charge in [-0.15, -0.1) is 0 Å². The van der Waals surface area contributed by atoms with Crippen LogP contribution in [0.15, 0.2) is 23.8 Å².